The summed E-state index contributed by atoms with van der Waals surface area (Å²) >= 11 is 0. The van der Waals surface area contributed by atoms with Crippen LogP contribution in [-0.2, 0) is 23.5 Å². The van der Waals surface area contributed by atoms with E-state index < -0.39 is 10.0 Å². The highest BCUT2D eigenvalue weighted by molar-refractivity contribution is 7.92. The van der Waals surface area contributed by atoms with Crippen LogP contribution in [0.2, 0.25) is 0 Å². The molecule has 0 bridgehead atoms. The van der Waals surface area contributed by atoms with Crippen molar-refractivity contribution in [2.75, 3.05) is 11.0 Å². The number of aromatic nitrogens is 2. The summed E-state index contributed by atoms with van der Waals surface area (Å²) < 4.78 is 39.8. The molecule has 0 aliphatic heterocycles. The van der Waals surface area contributed by atoms with Gasteiger partial charge in [0.15, 0.2) is 0 Å². The number of pyridine rings is 1. The van der Waals surface area contributed by atoms with Crippen LogP contribution in [0.3, 0.4) is 0 Å². The largest absolute Gasteiger partial charge is 0.344 e. The maximum absolute atomic E-state index is 13.1. The Bertz CT molecular complexity index is 1120. The van der Waals surface area contributed by atoms with E-state index in [1.165, 1.54) is 30.5 Å². The van der Waals surface area contributed by atoms with Gasteiger partial charge in [0, 0.05) is 30.4 Å². The minimum Gasteiger partial charge on any atom is -0.344 e. The number of hydrogen-bond acceptors (Lipinski definition) is 4. The molecule has 2 aromatic heterocycles. The van der Waals surface area contributed by atoms with Gasteiger partial charge in [-0.05, 0) is 55.0 Å². The number of aryl methyl sites for hydroxylation is 1. The van der Waals surface area contributed by atoms with E-state index in [1.807, 2.05) is 17.6 Å². The molecular formula is C20H20FN3O3S. The number of ketones is 1. The van der Waals surface area contributed by atoms with Gasteiger partial charge in [-0.15, -0.1) is 0 Å². The van der Waals surface area contributed by atoms with Crippen LogP contribution in [0.25, 0.3) is 0 Å². The van der Waals surface area contributed by atoms with Crippen LogP contribution < -0.4 is 4.72 Å². The summed E-state index contributed by atoms with van der Waals surface area (Å²) in [6, 6.07) is 10.8. The molecule has 3 aromatic rings. The molecule has 2 heterocycles. The zero-order valence-electron chi connectivity index (χ0n) is 15.7. The van der Waals surface area contributed by atoms with Crippen molar-refractivity contribution >= 4 is 21.5 Å². The lowest BCUT2D eigenvalue weighted by molar-refractivity contribution is 0.103. The Morgan fingerprint density at radius 2 is 1.86 bits per heavy atom. The second-order valence-electron chi connectivity index (χ2n) is 6.65. The van der Waals surface area contributed by atoms with Crippen LogP contribution >= 0.6 is 0 Å². The Balaban J connectivity index is 1.84. The van der Waals surface area contributed by atoms with E-state index in [1.54, 1.807) is 19.2 Å². The lowest BCUT2D eigenvalue weighted by Crippen LogP contribution is -2.11. The third-order valence-electron chi connectivity index (χ3n) is 4.33. The summed E-state index contributed by atoms with van der Waals surface area (Å²) in [5.74, 6) is -0.562. The summed E-state index contributed by atoms with van der Waals surface area (Å²) in [5, 5.41) is 0. The quantitative estimate of drug-likeness (QED) is 0.644. The molecule has 0 spiro atoms. The fraction of sp³-hybridized carbons (Fsp3) is 0.200. The van der Waals surface area contributed by atoms with E-state index in [4.69, 9.17) is 0 Å². The molecule has 0 amide bonds. The third kappa shape index (κ3) is 4.45. The number of hydrogen-bond donors (Lipinski definition) is 1. The summed E-state index contributed by atoms with van der Waals surface area (Å²) in [6.45, 7) is 1.85. The highest BCUT2D eigenvalue weighted by Crippen LogP contribution is 2.21. The number of anilines is 1. The molecule has 1 N–H and O–H groups in total. The van der Waals surface area contributed by atoms with Gasteiger partial charge in [-0.3, -0.25) is 14.5 Å². The van der Waals surface area contributed by atoms with Gasteiger partial charge < -0.3 is 4.57 Å². The molecule has 0 fully saturated rings. The molecule has 146 valence electrons. The average molecular weight is 401 g/mol. The SMILES string of the molecule is Cc1cc(Cc2ccc(NS(C)(=O)=O)cn2)n(C)c1C(=O)c1ccc(F)cc1. The van der Waals surface area contributed by atoms with Crippen molar-refractivity contribution in [3.8, 4) is 0 Å². The fourth-order valence-electron chi connectivity index (χ4n) is 3.05. The normalized spacial score (nSPS) is 11.4. The lowest BCUT2D eigenvalue weighted by atomic mass is 10.1. The molecule has 0 aliphatic rings. The summed E-state index contributed by atoms with van der Waals surface area (Å²) in [6.07, 6.45) is 3.01. The molecule has 0 saturated heterocycles. The zero-order chi connectivity index (χ0) is 20.5. The second-order valence-corrected chi connectivity index (χ2v) is 8.40. The molecule has 6 nitrogen and oxygen atoms in total. The van der Waals surface area contributed by atoms with Gasteiger partial charge in [0.25, 0.3) is 0 Å². The minimum absolute atomic E-state index is 0.174. The van der Waals surface area contributed by atoms with Crippen molar-refractivity contribution < 1.29 is 17.6 Å². The lowest BCUT2D eigenvalue weighted by Gasteiger charge is -2.09. The van der Waals surface area contributed by atoms with E-state index in [0.717, 1.165) is 23.2 Å². The number of nitrogens with one attached hydrogen (secondary N) is 1. The van der Waals surface area contributed by atoms with Crippen LogP contribution in [0.1, 0.15) is 33.0 Å². The van der Waals surface area contributed by atoms with Gasteiger partial charge >= 0.3 is 0 Å². The predicted molar refractivity (Wildman–Crippen MR) is 105 cm³/mol. The summed E-state index contributed by atoms with van der Waals surface area (Å²) in [7, 11) is -1.55. The first-order valence-electron chi connectivity index (χ1n) is 8.52. The molecule has 0 unspecified atom stereocenters. The van der Waals surface area contributed by atoms with Crippen molar-refractivity contribution in [1.29, 1.82) is 0 Å². The topological polar surface area (TPSA) is 81.1 Å². The maximum Gasteiger partial charge on any atom is 0.229 e. The first kappa shape index (κ1) is 19.8. The van der Waals surface area contributed by atoms with Gasteiger partial charge in [0.2, 0.25) is 15.8 Å². The van der Waals surface area contributed by atoms with Gasteiger partial charge in [-0.25, -0.2) is 12.8 Å². The van der Waals surface area contributed by atoms with E-state index in [9.17, 15) is 17.6 Å². The van der Waals surface area contributed by atoms with Crippen molar-refractivity contribution in [2.24, 2.45) is 7.05 Å². The molecule has 0 radical (unpaired) electrons. The summed E-state index contributed by atoms with van der Waals surface area (Å²) in [5.41, 5.74) is 3.80. The Labute approximate surface area is 163 Å². The average Bonchev–Trinajstić information content (AvgIpc) is 2.89. The van der Waals surface area contributed by atoms with Crippen LogP contribution in [0.15, 0.2) is 48.7 Å². The predicted octanol–water partition coefficient (Wildman–Crippen LogP) is 3.06. The molecule has 3 rings (SSSR count). The monoisotopic (exact) mass is 401 g/mol. The van der Waals surface area contributed by atoms with Crippen molar-refractivity contribution in [3.63, 3.8) is 0 Å². The second kappa shape index (κ2) is 7.55. The fourth-order valence-corrected chi connectivity index (χ4v) is 3.60. The molecule has 0 aliphatic carbocycles. The number of nitrogens with zero attached hydrogens (tertiary/aromatic N) is 2. The number of carbonyl (C=O) groups excluding carboxylic acids is 1. The van der Waals surface area contributed by atoms with Crippen LogP contribution in [-0.4, -0.2) is 30.0 Å². The van der Waals surface area contributed by atoms with Gasteiger partial charge in [0.1, 0.15) is 5.82 Å². The number of rotatable bonds is 6. The summed E-state index contributed by atoms with van der Waals surface area (Å²) in [4.78, 5) is 17.1. The molecular weight excluding hydrogens is 381 g/mol. The van der Waals surface area contributed by atoms with Crippen molar-refractivity contribution in [3.05, 3.63) is 82.7 Å². The molecule has 8 heteroatoms. The standard InChI is InChI=1S/C20H20FN3O3S/c1-13-10-18(11-16-8-9-17(12-22-16)23-28(3,26)27)24(2)19(13)20(25)14-4-6-15(21)7-5-14/h4-10,12,23H,11H2,1-3H3. The van der Waals surface area contributed by atoms with E-state index in [2.05, 4.69) is 9.71 Å². The van der Waals surface area contributed by atoms with Crippen LogP contribution in [0.4, 0.5) is 10.1 Å². The highest BCUT2D eigenvalue weighted by atomic mass is 32.2. The minimum atomic E-state index is -3.35. The first-order chi connectivity index (χ1) is 13.1. The molecule has 0 saturated carbocycles. The zero-order valence-corrected chi connectivity index (χ0v) is 16.5. The first-order valence-corrected chi connectivity index (χ1v) is 10.4. The Morgan fingerprint density at radius 1 is 1.18 bits per heavy atom. The van der Waals surface area contributed by atoms with Gasteiger partial charge in [0.05, 0.1) is 23.8 Å². The van der Waals surface area contributed by atoms with Crippen molar-refractivity contribution in [2.45, 2.75) is 13.3 Å². The Hall–Kier alpha value is -3.00. The van der Waals surface area contributed by atoms with E-state index in [0.29, 0.717) is 23.4 Å². The Morgan fingerprint density at radius 3 is 2.43 bits per heavy atom. The van der Waals surface area contributed by atoms with E-state index >= 15 is 0 Å². The third-order valence-corrected chi connectivity index (χ3v) is 4.94. The number of carbonyl (C=O) groups is 1. The smallest absolute Gasteiger partial charge is 0.229 e. The number of sulfonamides is 1. The molecule has 1 aromatic carbocycles. The molecule has 0 atom stereocenters. The van der Waals surface area contributed by atoms with E-state index in [-0.39, 0.29) is 11.6 Å². The maximum atomic E-state index is 13.1. The Kier molecular flexibility index (Phi) is 5.33. The van der Waals surface area contributed by atoms with Crippen molar-refractivity contribution in [1.82, 2.24) is 9.55 Å². The number of halogens is 1. The van der Waals surface area contributed by atoms with Crippen LogP contribution in [0.5, 0.6) is 0 Å². The van der Waals surface area contributed by atoms with Crippen LogP contribution in [0, 0.1) is 12.7 Å². The number of benzene rings is 1. The molecule has 28 heavy (non-hydrogen) atoms. The highest BCUT2D eigenvalue weighted by Gasteiger charge is 2.19. The van der Waals surface area contributed by atoms with Gasteiger partial charge in [-0.1, -0.05) is 0 Å². The van der Waals surface area contributed by atoms with Gasteiger partial charge in [-0.2, -0.15) is 0 Å².